The van der Waals surface area contributed by atoms with Gasteiger partial charge in [0.05, 0.1) is 11.3 Å². The lowest BCUT2D eigenvalue weighted by Crippen LogP contribution is -2.14. The van der Waals surface area contributed by atoms with Crippen LogP contribution < -0.4 is 10.2 Å². The number of hydrogen-bond donors (Lipinski definition) is 0. The van der Waals surface area contributed by atoms with Crippen LogP contribution in [0.2, 0.25) is 0 Å². The summed E-state index contributed by atoms with van der Waals surface area (Å²) in [6, 6.07) is 11.6. The monoisotopic (exact) mass is 368 g/mol. The number of nitrogens with zero attached hydrogens (tertiary/aromatic N) is 2. The third kappa shape index (κ3) is 4.58. The first-order valence-corrected chi connectivity index (χ1v) is 8.84. The quantitative estimate of drug-likeness (QED) is 0.387. The van der Waals surface area contributed by atoms with Gasteiger partial charge in [-0.2, -0.15) is 0 Å². The first-order chi connectivity index (χ1) is 12.5. The second kappa shape index (κ2) is 7.97. The molecule has 0 aliphatic rings. The molecule has 0 aliphatic heterocycles. The number of carbonyl (C=O) groups excluding carboxylic acids is 1. The van der Waals surface area contributed by atoms with Gasteiger partial charge in [-0.15, -0.1) is 0 Å². The highest BCUT2D eigenvalue weighted by Gasteiger charge is 2.12. The molecule has 0 N–H and O–H groups in total. The van der Waals surface area contributed by atoms with Crippen LogP contribution in [0.1, 0.15) is 27.5 Å². The molecular weight excluding hydrogens is 352 g/mol. The Labute approximate surface area is 154 Å². The Balaban J connectivity index is 1.67. The normalized spacial score (nSPS) is 10.5. The van der Waals surface area contributed by atoms with Crippen molar-refractivity contribution in [2.45, 2.75) is 24.8 Å². The van der Waals surface area contributed by atoms with Crippen molar-refractivity contribution in [1.29, 1.82) is 0 Å². The van der Waals surface area contributed by atoms with Crippen LogP contribution in [0, 0.1) is 13.8 Å². The first-order valence-electron chi connectivity index (χ1n) is 7.85. The second-order valence-corrected chi connectivity index (χ2v) is 6.49. The predicted molar refractivity (Wildman–Crippen MR) is 97.4 cm³/mol. The van der Waals surface area contributed by atoms with Crippen molar-refractivity contribution in [3.8, 4) is 5.75 Å². The fourth-order valence-electron chi connectivity index (χ4n) is 2.22. The minimum absolute atomic E-state index is 0.143. The summed E-state index contributed by atoms with van der Waals surface area (Å²) >= 11 is 1.36. The van der Waals surface area contributed by atoms with E-state index in [9.17, 15) is 9.59 Å². The van der Waals surface area contributed by atoms with Crippen molar-refractivity contribution < 1.29 is 13.9 Å². The molecule has 0 spiro atoms. The molecule has 132 valence electrons. The van der Waals surface area contributed by atoms with E-state index in [4.69, 9.17) is 9.15 Å². The highest BCUT2D eigenvalue weighted by Crippen LogP contribution is 2.20. The van der Waals surface area contributed by atoms with Crippen LogP contribution in [-0.4, -0.2) is 15.9 Å². The number of rotatable bonds is 5. The van der Waals surface area contributed by atoms with E-state index < -0.39 is 11.4 Å². The van der Waals surface area contributed by atoms with Gasteiger partial charge in [0.25, 0.3) is 0 Å². The molecule has 1 aromatic carbocycles. The van der Waals surface area contributed by atoms with Gasteiger partial charge in [0.15, 0.2) is 5.16 Å². The Hall–Kier alpha value is -2.93. The number of esters is 1. The summed E-state index contributed by atoms with van der Waals surface area (Å²) in [7, 11) is 0. The molecule has 0 amide bonds. The lowest BCUT2D eigenvalue weighted by molar-refractivity contribution is 0.0729. The molecule has 0 bridgehead atoms. The minimum atomic E-state index is -0.608. The lowest BCUT2D eigenvalue weighted by Gasteiger charge is -2.05. The predicted octanol–water partition coefficient (Wildman–Crippen LogP) is 3.56. The molecule has 3 rings (SSSR count). The first kappa shape index (κ1) is 17.9. The highest BCUT2D eigenvalue weighted by molar-refractivity contribution is 7.98. The van der Waals surface area contributed by atoms with Crippen LogP contribution in [0.5, 0.6) is 5.75 Å². The Morgan fingerprint density at radius 3 is 2.46 bits per heavy atom. The third-order valence-electron chi connectivity index (χ3n) is 3.37. The van der Waals surface area contributed by atoms with Gasteiger partial charge in [-0.25, -0.2) is 14.8 Å². The van der Waals surface area contributed by atoms with Gasteiger partial charge in [-0.3, -0.25) is 4.79 Å². The smallest absolute Gasteiger partial charge is 0.343 e. The number of aryl methyl sites for hydroxylation is 2. The zero-order valence-electron chi connectivity index (χ0n) is 14.3. The summed E-state index contributed by atoms with van der Waals surface area (Å²) in [6.07, 6.45) is 1.15. The third-order valence-corrected chi connectivity index (χ3v) is 4.24. The van der Waals surface area contributed by atoms with Crippen molar-refractivity contribution in [2.24, 2.45) is 0 Å². The van der Waals surface area contributed by atoms with Crippen molar-refractivity contribution in [3.05, 3.63) is 81.7 Å². The van der Waals surface area contributed by atoms with Crippen molar-refractivity contribution in [2.75, 3.05) is 0 Å². The van der Waals surface area contributed by atoms with Gasteiger partial charge in [0.1, 0.15) is 12.0 Å². The number of hydrogen-bond acceptors (Lipinski definition) is 7. The maximum atomic E-state index is 12.1. The SMILES string of the molecule is Cc1cc(C)nc(SCc2cc(=O)c(OC(=O)c3ccccc3)co2)n1. The largest absolute Gasteiger partial charge is 0.464 e. The molecule has 2 aromatic heterocycles. The van der Waals surface area contributed by atoms with Gasteiger partial charge in [0.2, 0.25) is 11.2 Å². The lowest BCUT2D eigenvalue weighted by atomic mass is 10.2. The van der Waals surface area contributed by atoms with E-state index >= 15 is 0 Å². The summed E-state index contributed by atoms with van der Waals surface area (Å²) in [5.41, 5.74) is 1.70. The number of carbonyl (C=O) groups is 1. The van der Waals surface area contributed by atoms with Crippen LogP contribution in [0.3, 0.4) is 0 Å². The topological polar surface area (TPSA) is 82.3 Å². The molecule has 0 saturated heterocycles. The minimum Gasteiger partial charge on any atom is -0.464 e. The van der Waals surface area contributed by atoms with E-state index in [1.54, 1.807) is 30.3 Å². The molecule has 0 unspecified atom stereocenters. The molecule has 0 saturated carbocycles. The summed E-state index contributed by atoms with van der Waals surface area (Å²) in [6.45, 7) is 3.80. The van der Waals surface area contributed by atoms with E-state index in [2.05, 4.69) is 9.97 Å². The maximum Gasteiger partial charge on any atom is 0.343 e. The van der Waals surface area contributed by atoms with Gasteiger partial charge < -0.3 is 9.15 Å². The van der Waals surface area contributed by atoms with E-state index in [0.29, 0.717) is 22.2 Å². The molecule has 0 fully saturated rings. The number of thioether (sulfide) groups is 1. The molecule has 0 radical (unpaired) electrons. The molecule has 26 heavy (non-hydrogen) atoms. The van der Waals surface area contributed by atoms with Crippen molar-refractivity contribution in [1.82, 2.24) is 9.97 Å². The zero-order chi connectivity index (χ0) is 18.5. The summed E-state index contributed by atoms with van der Waals surface area (Å²) in [5, 5.41) is 0.615. The zero-order valence-corrected chi connectivity index (χ0v) is 15.1. The Morgan fingerprint density at radius 1 is 1.12 bits per heavy atom. The molecule has 6 nitrogen and oxygen atoms in total. The van der Waals surface area contributed by atoms with Crippen molar-refractivity contribution in [3.63, 3.8) is 0 Å². The summed E-state index contributed by atoms with van der Waals surface area (Å²) in [5.74, 6) is 0.0894. The Bertz CT molecular complexity index is 966. The van der Waals surface area contributed by atoms with Crippen molar-refractivity contribution >= 4 is 17.7 Å². The van der Waals surface area contributed by atoms with Gasteiger partial charge >= 0.3 is 5.97 Å². The molecule has 2 heterocycles. The molecule has 3 aromatic rings. The second-order valence-electron chi connectivity index (χ2n) is 5.55. The van der Waals surface area contributed by atoms with Gasteiger partial charge in [0, 0.05) is 17.5 Å². The average molecular weight is 368 g/mol. The molecule has 7 heteroatoms. The number of aromatic nitrogens is 2. The van der Waals surface area contributed by atoms with Gasteiger partial charge in [-0.1, -0.05) is 30.0 Å². The Kier molecular flexibility index (Phi) is 5.48. The fourth-order valence-corrected chi connectivity index (χ4v) is 3.06. The van der Waals surface area contributed by atoms with Crippen LogP contribution >= 0.6 is 11.8 Å². The van der Waals surface area contributed by atoms with E-state index in [0.717, 1.165) is 17.7 Å². The maximum absolute atomic E-state index is 12.1. The van der Waals surface area contributed by atoms with Gasteiger partial charge in [-0.05, 0) is 32.0 Å². The molecule has 0 aliphatic carbocycles. The number of ether oxygens (including phenoxy) is 1. The summed E-state index contributed by atoms with van der Waals surface area (Å²) < 4.78 is 10.5. The standard InChI is InChI=1S/C19H16N2O4S/c1-12-8-13(2)21-19(20-12)26-11-15-9-16(22)17(10-24-15)25-18(23)14-6-4-3-5-7-14/h3-10H,11H2,1-2H3. The number of benzene rings is 1. The van der Waals surface area contributed by atoms with E-state index in [-0.39, 0.29) is 5.75 Å². The van der Waals surface area contributed by atoms with Crippen LogP contribution in [0.4, 0.5) is 0 Å². The molecular formula is C19H16N2O4S. The molecule has 0 atom stereocenters. The van der Waals surface area contributed by atoms with E-state index in [1.807, 2.05) is 19.9 Å². The van der Waals surface area contributed by atoms with Crippen LogP contribution in [0.25, 0.3) is 0 Å². The summed E-state index contributed by atoms with van der Waals surface area (Å²) in [4.78, 5) is 32.8. The van der Waals surface area contributed by atoms with Crippen LogP contribution in [-0.2, 0) is 5.75 Å². The Morgan fingerprint density at radius 2 is 1.81 bits per heavy atom. The fraction of sp³-hybridized carbons (Fsp3) is 0.158. The highest BCUT2D eigenvalue weighted by atomic mass is 32.2. The van der Waals surface area contributed by atoms with E-state index in [1.165, 1.54) is 17.8 Å². The van der Waals surface area contributed by atoms with Crippen LogP contribution in [0.15, 0.2) is 63.1 Å². The average Bonchev–Trinajstić information content (AvgIpc) is 2.62.